The number of benzene rings is 1. The first kappa shape index (κ1) is 16.9. The minimum atomic E-state index is -0.255. The molecule has 2 rings (SSSR count). The van der Waals surface area contributed by atoms with Gasteiger partial charge in [0.05, 0.1) is 6.10 Å². The van der Waals surface area contributed by atoms with Gasteiger partial charge in [0.25, 0.3) is 0 Å². The molecule has 0 spiro atoms. The molecule has 1 heterocycles. The molecular formula is C18H26FNO2. The Hall–Kier alpha value is -1.42. The average Bonchev–Trinajstić information content (AvgIpc) is 2.98. The Bertz CT molecular complexity index is 486. The Kier molecular flexibility index (Phi) is 6.37. The van der Waals surface area contributed by atoms with Gasteiger partial charge in [-0.05, 0) is 56.2 Å². The summed E-state index contributed by atoms with van der Waals surface area (Å²) in [4.78, 5) is 12.1. The van der Waals surface area contributed by atoms with Crippen molar-refractivity contribution in [2.45, 2.75) is 64.0 Å². The number of hydrogen-bond acceptors (Lipinski definition) is 2. The van der Waals surface area contributed by atoms with E-state index in [2.05, 4.69) is 5.32 Å². The number of carbonyl (C=O) groups excluding carboxylic acids is 1. The van der Waals surface area contributed by atoms with E-state index in [9.17, 15) is 9.18 Å². The summed E-state index contributed by atoms with van der Waals surface area (Å²) in [5, 5.41) is 3.03. The van der Waals surface area contributed by atoms with Gasteiger partial charge in [0.1, 0.15) is 5.82 Å². The second-order valence-electron chi connectivity index (χ2n) is 6.34. The van der Waals surface area contributed by atoms with Crippen LogP contribution in [0.3, 0.4) is 0 Å². The van der Waals surface area contributed by atoms with Crippen LogP contribution in [0.15, 0.2) is 24.3 Å². The van der Waals surface area contributed by atoms with Crippen LogP contribution in [0.2, 0.25) is 0 Å². The van der Waals surface area contributed by atoms with Crippen molar-refractivity contribution in [2.24, 2.45) is 0 Å². The molecule has 0 aromatic heterocycles. The maximum absolute atomic E-state index is 13.2. The highest BCUT2D eigenvalue weighted by atomic mass is 19.1. The molecule has 1 N–H and O–H groups in total. The molecule has 122 valence electrons. The summed E-state index contributed by atoms with van der Waals surface area (Å²) in [5.74, 6) is -0.215. The molecule has 1 saturated heterocycles. The molecule has 1 aromatic carbocycles. The van der Waals surface area contributed by atoms with Gasteiger partial charge in [-0.15, -0.1) is 0 Å². The number of rotatable bonds is 7. The van der Waals surface area contributed by atoms with Crippen LogP contribution in [0.1, 0.15) is 57.4 Å². The Morgan fingerprint density at radius 2 is 2.27 bits per heavy atom. The third-order valence-corrected chi connectivity index (χ3v) is 4.26. The number of halogens is 1. The zero-order chi connectivity index (χ0) is 15.9. The lowest BCUT2D eigenvalue weighted by atomic mass is 9.97. The third-order valence-electron chi connectivity index (χ3n) is 4.26. The zero-order valence-electron chi connectivity index (χ0n) is 13.5. The lowest BCUT2D eigenvalue weighted by molar-refractivity contribution is -0.122. The lowest BCUT2D eigenvalue weighted by Crippen LogP contribution is -2.33. The Morgan fingerprint density at radius 3 is 2.95 bits per heavy atom. The molecule has 3 nitrogen and oxygen atoms in total. The van der Waals surface area contributed by atoms with Gasteiger partial charge in [-0.3, -0.25) is 4.79 Å². The number of ether oxygens (including phenoxy) is 1. The Balaban J connectivity index is 1.72. The third kappa shape index (κ3) is 5.41. The summed E-state index contributed by atoms with van der Waals surface area (Å²) in [5.41, 5.74) is 0.863. The maximum Gasteiger partial charge on any atom is 0.220 e. The predicted molar refractivity (Wildman–Crippen MR) is 85.2 cm³/mol. The van der Waals surface area contributed by atoms with Crippen molar-refractivity contribution < 1.29 is 13.9 Å². The van der Waals surface area contributed by atoms with E-state index in [1.807, 2.05) is 19.9 Å². The van der Waals surface area contributed by atoms with Gasteiger partial charge in [-0.2, -0.15) is 0 Å². The van der Waals surface area contributed by atoms with Crippen LogP contribution in [0.25, 0.3) is 0 Å². The van der Waals surface area contributed by atoms with Gasteiger partial charge >= 0.3 is 0 Å². The highest BCUT2D eigenvalue weighted by Crippen LogP contribution is 2.20. The summed E-state index contributed by atoms with van der Waals surface area (Å²) in [6, 6.07) is 6.62. The number of nitrogens with one attached hydrogen (secondary N) is 1. The highest BCUT2D eigenvalue weighted by Gasteiger charge is 2.18. The minimum absolute atomic E-state index is 0.0149. The van der Waals surface area contributed by atoms with Crippen molar-refractivity contribution in [3.8, 4) is 0 Å². The molecule has 0 radical (unpaired) electrons. The molecule has 1 aliphatic rings. The van der Waals surface area contributed by atoms with Gasteiger partial charge < -0.3 is 10.1 Å². The average molecular weight is 307 g/mol. The predicted octanol–water partition coefficient (Wildman–Crippen LogP) is 3.78. The quantitative estimate of drug-likeness (QED) is 0.832. The van der Waals surface area contributed by atoms with E-state index in [0.717, 1.165) is 37.9 Å². The summed E-state index contributed by atoms with van der Waals surface area (Å²) in [7, 11) is 0. The minimum Gasteiger partial charge on any atom is -0.378 e. The van der Waals surface area contributed by atoms with Crippen LogP contribution in [0.4, 0.5) is 4.39 Å². The van der Waals surface area contributed by atoms with Crippen LogP contribution < -0.4 is 5.32 Å². The number of hydrogen-bond donors (Lipinski definition) is 1. The van der Waals surface area contributed by atoms with Crippen molar-refractivity contribution in [2.75, 3.05) is 6.61 Å². The molecule has 0 aliphatic carbocycles. The van der Waals surface area contributed by atoms with Crippen molar-refractivity contribution in [1.82, 2.24) is 5.32 Å². The van der Waals surface area contributed by atoms with E-state index in [-0.39, 0.29) is 23.7 Å². The van der Waals surface area contributed by atoms with Crippen molar-refractivity contribution in [1.29, 1.82) is 0 Å². The molecule has 1 fully saturated rings. The summed E-state index contributed by atoms with van der Waals surface area (Å²) in [6.07, 6.45) is 4.97. The van der Waals surface area contributed by atoms with Crippen LogP contribution in [0.5, 0.6) is 0 Å². The molecule has 4 heteroatoms. The first-order chi connectivity index (χ1) is 10.5. The largest absolute Gasteiger partial charge is 0.378 e. The molecule has 0 unspecified atom stereocenters. The Morgan fingerprint density at radius 1 is 1.45 bits per heavy atom. The van der Waals surface area contributed by atoms with E-state index in [1.54, 1.807) is 6.07 Å². The summed E-state index contributed by atoms with van der Waals surface area (Å²) in [6.45, 7) is 4.85. The number of amides is 1. The van der Waals surface area contributed by atoms with E-state index < -0.39 is 0 Å². The fourth-order valence-corrected chi connectivity index (χ4v) is 2.92. The van der Waals surface area contributed by atoms with Gasteiger partial charge in [0, 0.05) is 19.1 Å². The zero-order valence-corrected chi connectivity index (χ0v) is 13.5. The van der Waals surface area contributed by atoms with E-state index in [4.69, 9.17) is 4.74 Å². The van der Waals surface area contributed by atoms with E-state index in [1.165, 1.54) is 12.1 Å². The van der Waals surface area contributed by atoms with Crippen molar-refractivity contribution >= 4 is 5.91 Å². The normalized spacial score (nSPS) is 20.6. The van der Waals surface area contributed by atoms with Gasteiger partial charge in [-0.25, -0.2) is 4.39 Å². The molecule has 3 atom stereocenters. The molecule has 1 aliphatic heterocycles. The van der Waals surface area contributed by atoms with Crippen LogP contribution in [-0.2, 0) is 9.53 Å². The lowest BCUT2D eigenvalue weighted by Gasteiger charge is -2.18. The van der Waals surface area contributed by atoms with E-state index >= 15 is 0 Å². The van der Waals surface area contributed by atoms with E-state index in [0.29, 0.717) is 12.5 Å². The van der Waals surface area contributed by atoms with Crippen molar-refractivity contribution in [3.05, 3.63) is 35.6 Å². The monoisotopic (exact) mass is 307 g/mol. The molecule has 0 bridgehead atoms. The number of carbonyl (C=O) groups is 1. The molecule has 0 saturated carbocycles. The summed E-state index contributed by atoms with van der Waals surface area (Å²) >= 11 is 0. The first-order valence-corrected chi connectivity index (χ1v) is 8.21. The fourth-order valence-electron chi connectivity index (χ4n) is 2.92. The van der Waals surface area contributed by atoms with Gasteiger partial charge in [0.15, 0.2) is 0 Å². The molecule has 1 aromatic rings. The SMILES string of the molecule is C[C@H](CC[C@@H]1CCCO1)NC(=O)C[C@@H](C)c1cccc(F)c1. The standard InChI is InChI=1S/C18H26FNO2/c1-13(15-5-3-6-16(19)12-15)11-18(21)20-14(2)8-9-17-7-4-10-22-17/h3,5-6,12-14,17H,4,7-11H2,1-2H3,(H,20,21)/t13-,14-,17+/m1/s1. The van der Waals surface area contributed by atoms with Crippen LogP contribution in [-0.4, -0.2) is 24.7 Å². The topological polar surface area (TPSA) is 38.3 Å². The fraction of sp³-hybridized carbons (Fsp3) is 0.611. The maximum atomic E-state index is 13.2. The molecular weight excluding hydrogens is 281 g/mol. The second-order valence-corrected chi connectivity index (χ2v) is 6.34. The summed E-state index contributed by atoms with van der Waals surface area (Å²) < 4.78 is 18.8. The Labute approximate surface area is 132 Å². The first-order valence-electron chi connectivity index (χ1n) is 8.21. The molecule has 1 amide bonds. The van der Waals surface area contributed by atoms with Crippen LogP contribution >= 0.6 is 0 Å². The van der Waals surface area contributed by atoms with Gasteiger partial charge in [0.2, 0.25) is 5.91 Å². The highest BCUT2D eigenvalue weighted by molar-refractivity contribution is 5.77. The van der Waals surface area contributed by atoms with Crippen LogP contribution in [0, 0.1) is 5.82 Å². The molecule has 22 heavy (non-hydrogen) atoms. The second kappa shape index (κ2) is 8.28. The van der Waals surface area contributed by atoms with Gasteiger partial charge in [-0.1, -0.05) is 19.1 Å². The smallest absolute Gasteiger partial charge is 0.220 e. The van der Waals surface area contributed by atoms with Crippen molar-refractivity contribution in [3.63, 3.8) is 0 Å².